The third-order valence-electron chi connectivity index (χ3n) is 4.59. The Bertz CT molecular complexity index is 719. The molecule has 3 rings (SSSR count). The summed E-state index contributed by atoms with van der Waals surface area (Å²) in [5.41, 5.74) is -0.222. The number of furan rings is 1. The number of piperidine rings is 1. The van der Waals surface area contributed by atoms with Gasteiger partial charge in [-0.05, 0) is 55.8 Å². The lowest BCUT2D eigenvalue weighted by atomic mass is 9.93. The lowest BCUT2D eigenvalue weighted by molar-refractivity contribution is -0.143. The summed E-state index contributed by atoms with van der Waals surface area (Å²) < 4.78 is 44.6. The molecule has 7 heteroatoms. The molecular formula is C18H18F3NO3. The predicted octanol–water partition coefficient (Wildman–Crippen LogP) is 4.18. The summed E-state index contributed by atoms with van der Waals surface area (Å²) in [6.45, 7) is 0.969. The second-order valence-corrected chi connectivity index (χ2v) is 6.19. The Balaban J connectivity index is 1.91. The van der Waals surface area contributed by atoms with Gasteiger partial charge in [0.2, 0.25) is 0 Å². The number of rotatable bonds is 4. The number of aliphatic carboxylic acids is 1. The zero-order chi connectivity index (χ0) is 18.0. The first-order valence-electron chi connectivity index (χ1n) is 8.03. The highest BCUT2D eigenvalue weighted by Crippen LogP contribution is 2.36. The molecule has 1 aliphatic heterocycles. The number of carbonyl (C=O) groups is 1. The third kappa shape index (κ3) is 3.87. The lowest BCUT2D eigenvalue weighted by Crippen LogP contribution is -2.39. The zero-order valence-corrected chi connectivity index (χ0v) is 13.4. The molecular weight excluding hydrogens is 335 g/mol. The lowest BCUT2D eigenvalue weighted by Gasteiger charge is -2.36. The van der Waals surface area contributed by atoms with Crippen molar-refractivity contribution in [1.29, 1.82) is 0 Å². The number of alkyl halides is 3. The highest BCUT2D eigenvalue weighted by Gasteiger charge is 2.34. The van der Waals surface area contributed by atoms with Crippen LogP contribution in [0.5, 0.6) is 0 Å². The van der Waals surface area contributed by atoms with E-state index < -0.39 is 29.7 Å². The largest absolute Gasteiger partial charge is 0.481 e. The molecule has 2 heterocycles. The zero-order valence-electron chi connectivity index (χ0n) is 13.4. The summed E-state index contributed by atoms with van der Waals surface area (Å²) in [5.74, 6) is -0.684. The van der Waals surface area contributed by atoms with Gasteiger partial charge in [-0.2, -0.15) is 13.2 Å². The van der Waals surface area contributed by atoms with Gasteiger partial charge in [-0.15, -0.1) is 0 Å². The maximum atomic E-state index is 13.1. The summed E-state index contributed by atoms with van der Waals surface area (Å²) in [6.07, 6.45) is -2.00. The van der Waals surface area contributed by atoms with Gasteiger partial charge in [-0.1, -0.05) is 12.1 Å². The fraction of sp³-hybridized carbons (Fsp3) is 0.389. The van der Waals surface area contributed by atoms with E-state index in [1.165, 1.54) is 12.3 Å². The summed E-state index contributed by atoms with van der Waals surface area (Å²) in [4.78, 5) is 13.1. The number of likely N-dealkylation sites (tertiary alicyclic amines) is 1. The van der Waals surface area contributed by atoms with Gasteiger partial charge >= 0.3 is 12.1 Å². The van der Waals surface area contributed by atoms with Crippen molar-refractivity contribution in [3.05, 3.63) is 59.5 Å². The van der Waals surface area contributed by atoms with E-state index in [0.717, 1.165) is 12.1 Å². The van der Waals surface area contributed by atoms with E-state index in [2.05, 4.69) is 0 Å². The quantitative estimate of drug-likeness (QED) is 0.896. The van der Waals surface area contributed by atoms with Crippen LogP contribution >= 0.6 is 0 Å². The van der Waals surface area contributed by atoms with Gasteiger partial charge in [0.25, 0.3) is 0 Å². The maximum absolute atomic E-state index is 13.1. The predicted molar refractivity (Wildman–Crippen MR) is 83.9 cm³/mol. The Hall–Kier alpha value is -2.28. The van der Waals surface area contributed by atoms with Gasteiger partial charge in [0, 0.05) is 0 Å². The molecule has 4 nitrogen and oxygen atoms in total. The minimum absolute atomic E-state index is 0.407. The molecule has 1 aromatic carbocycles. The monoisotopic (exact) mass is 353 g/mol. The summed E-state index contributed by atoms with van der Waals surface area (Å²) in [7, 11) is 0. The van der Waals surface area contributed by atoms with E-state index in [1.807, 2.05) is 4.90 Å². The smallest absolute Gasteiger partial charge is 0.416 e. The minimum Gasteiger partial charge on any atom is -0.481 e. The van der Waals surface area contributed by atoms with Gasteiger partial charge in [-0.25, -0.2) is 0 Å². The molecule has 0 saturated carbocycles. The molecule has 0 bridgehead atoms. The van der Waals surface area contributed by atoms with E-state index in [1.54, 1.807) is 18.2 Å². The summed E-state index contributed by atoms with van der Waals surface area (Å²) in [6, 6.07) is 8.17. The molecule has 0 aliphatic carbocycles. The van der Waals surface area contributed by atoms with E-state index in [4.69, 9.17) is 9.52 Å². The van der Waals surface area contributed by atoms with Crippen LogP contribution < -0.4 is 0 Å². The van der Waals surface area contributed by atoms with E-state index in [9.17, 15) is 18.0 Å². The fourth-order valence-corrected chi connectivity index (χ4v) is 3.29. The normalized spacial score (nSPS) is 18.2. The van der Waals surface area contributed by atoms with Crippen LogP contribution in [0.1, 0.15) is 35.8 Å². The molecule has 1 fully saturated rings. The van der Waals surface area contributed by atoms with Gasteiger partial charge in [0.1, 0.15) is 5.76 Å². The molecule has 1 saturated heterocycles. The van der Waals surface area contributed by atoms with Gasteiger partial charge in [0.15, 0.2) is 0 Å². The van der Waals surface area contributed by atoms with Crippen molar-refractivity contribution in [3.63, 3.8) is 0 Å². The first-order chi connectivity index (χ1) is 11.9. The molecule has 1 unspecified atom stereocenters. The number of nitrogens with zero attached hydrogens (tertiary/aromatic N) is 1. The Kier molecular flexibility index (Phi) is 4.85. The molecule has 1 N–H and O–H groups in total. The van der Waals surface area contributed by atoms with Crippen molar-refractivity contribution >= 4 is 5.97 Å². The summed E-state index contributed by atoms with van der Waals surface area (Å²) in [5, 5.41) is 9.13. The average Bonchev–Trinajstić information content (AvgIpc) is 3.09. The molecule has 0 spiro atoms. The average molecular weight is 353 g/mol. The topological polar surface area (TPSA) is 53.7 Å². The number of hydrogen-bond donors (Lipinski definition) is 1. The second kappa shape index (κ2) is 6.92. The highest BCUT2D eigenvalue weighted by molar-refractivity contribution is 5.70. The van der Waals surface area contributed by atoms with Crippen molar-refractivity contribution in [2.45, 2.75) is 25.1 Å². The number of halogens is 3. The molecule has 1 aromatic heterocycles. The van der Waals surface area contributed by atoms with Crippen LogP contribution in [-0.2, 0) is 11.0 Å². The van der Waals surface area contributed by atoms with Crippen LogP contribution in [-0.4, -0.2) is 29.1 Å². The molecule has 0 amide bonds. The van der Waals surface area contributed by atoms with E-state index >= 15 is 0 Å². The Morgan fingerprint density at radius 3 is 2.48 bits per heavy atom. The van der Waals surface area contributed by atoms with Gasteiger partial charge < -0.3 is 9.52 Å². The van der Waals surface area contributed by atoms with E-state index in [0.29, 0.717) is 37.3 Å². The van der Waals surface area contributed by atoms with Gasteiger partial charge in [0.05, 0.1) is 23.8 Å². The van der Waals surface area contributed by atoms with Crippen molar-refractivity contribution < 1.29 is 27.5 Å². The SMILES string of the molecule is O=C(O)C1CCN(C(c2cccc(C(F)(F)F)c2)c2ccco2)CC1. The standard InChI is InChI=1S/C18H18F3NO3/c19-18(20,21)14-4-1-3-13(11-14)16(15-5-2-10-25-15)22-8-6-12(7-9-22)17(23)24/h1-5,10-12,16H,6-9H2,(H,23,24). The highest BCUT2D eigenvalue weighted by atomic mass is 19.4. The fourth-order valence-electron chi connectivity index (χ4n) is 3.29. The van der Waals surface area contributed by atoms with Crippen LogP contribution in [0.3, 0.4) is 0 Å². The summed E-state index contributed by atoms with van der Waals surface area (Å²) >= 11 is 0. The minimum atomic E-state index is -4.42. The van der Waals surface area contributed by atoms with Crippen molar-refractivity contribution in [1.82, 2.24) is 4.90 Å². The van der Waals surface area contributed by atoms with Crippen LogP contribution in [0.25, 0.3) is 0 Å². The Labute approximate surface area is 142 Å². The van der Waals surface area contributed by atoms with E-state index in [-0.39, 0.29) is 0 Å². The van der Waals surface area contributed by atoms with Crippen LogP contribution in [0.15, 0.2) is 47.1 Å². The Morgan fingerprint density at radius 2 is 1.92 bits per heavy atom. The molecule has 2 aromatic rings. The number of carboxylic acids is 1. The molecule has 134 valence electrons. The van der Waals surface area contributed by atoms with Crippen LogP contribution in [0.4, 0.5) is 13.2 Å². The Morgan fingerprint density at radius 1 is 1.20 bits per heavy atom. The molecule has 25 heavy (non-hydrogen) atoms. The number of benzene rings is 1. The number of hydrogen-bond acceptors (Lipinski definition) is 3. The molecule has 1 atom stereocenters. The van der Waals surface area contributed by atoms with Crippen LogP contribution in [0.2, 0.25) is 0 Å². The van der Waals surface area contributed by atoms with Gasteiger partial charge in [-0.3, -0.25) is 9.69 Å². The number of carboxylic acid groups (broad SMARTS) is 1. The second-order valence-electron chi connectivity index (χ2n) is 6.19. The first kappa shape index (κ1) is 17.5. The molecule has 1 aliphatic rings. The molecule has 0 radical (unpaired) electrons. The van der Waals surface area contributed by atoms with Crippen LogP contribution in [0, 0.1) is 5.92 Å². The van der Waals surface area contributed by atoms with Crippen molar-refractivity contribution in [2.24, 2.45) is 5.92 Å². The van der Waals surface area contributed by atoms with Crippen molar-refractivity contribution in [2.75, 3.05) is 13.1 Å². The third-order valence-corrected chi connectivity index (χ3v) is 4.59. The maximum Gasteiger partial charge on any atom is 0.416 e. The first-order valence-corrected chi connectivity index (χ1v) is 8.03. The van der Waals surface area contributed by atoms with Crippen molar-refractivity contribution in [3.8, 4) is 0 Å².